The average molecular weight is 322 g/mol. The Hall–Kier alpha value is -2.73. The molecular formula is C18H18N4O2. The van der Waals surface area contributed by atoms with Gasteiger partial charge in [-0.15, -0.1) is 0 Å². The highest BCUT2D eigenvalue weighted by atomic mass is 16.5. The second-order valence-corrected chi connectivity index (χ2v) is 6.00. The van der Waals surface area contributed by atoms with Gasteiger partial charge < -0.3 is 14.6 Å². The Morgan fingerprint density at radius 3 is 2.83 bits per heavy atom. The number of benzene rings is 1. The number of aryl methyl sites for hydroxylation is 2. The molecule has 0 aliphatic rings. The molecule has 4 aromatic rings. The SMILES string of the molecule is CCc1noc(-c2ncc3[nH]c4ccc(C(C)O)cc4c3c2C)n1. The highest BCUT2D eigenvalue weighted by Gasteiger charge is 2.17. The summed E-state index contributed by atoms with van der Waals surface area (Å²) in [6.07, 6.45) is 1.99. The molecule has 2 N–H and O–H groups in total. The maximum atomic E-state index is 9.87. The number of fused-ring (bicyclic) bond motifs is 3. The standard InChI is InChI=1S/C18H18N4O2/c1-4-15-21-18(24-22-15)17-9(2)16-12-7-11(10(3)23)5-6-13(12)20-14(16)8-19-17/h5-8,10,20,23H,4H2,1-3H3. The predicted octanol–water partition coefficient (Wildman–Crippen LogP) is 3.69. The summed E-state index contributed by atoms with van der Waals surface area (Å²) in [7, 11) is 0. The number of H-pyrrole nitrogens is 1. The van der Waals surface area contributed by atoms with Gasteiger partial charge in [0.1, 0.15) is 5.69 Å². The first-order chi connectivity index (χ1) is 11.6. The van der Waals surface area contributed by atoms with Gasteiger partial charge in [-0.05, 0) is 37.1 Å². The lowest BCUT2D eigenvalue weighted by atomic mass is 10.0. The molecule has 0 aliphatic carbocycles. The lowest BCUT2D eigenvalue weighted by molar-refractivity contribution is 0.199. The third kappa shape index (κ3) is 2.18. The fourth-order valence-corrected chi connectivity index (χ4v) is 3.04. The Morgan fingerprint density at radius 1 is 1.29 bits per heavy atom. The van der Waals surface area contributed by atoms with Gasteiger partial charge in [-0.2, -0.15) is 4.98 Å². The summed E-state index contributed by atoms with van der Waals surface area (Å²) in [6, 6.07) is 5.93. The van der Waals surface area contributed by atoms with E-state index in [2.05, 4.69) is 20.1 Å². The van der Waals surface area contributed by atoms with Crippen LogP contribution in [0.15, 0.2) is 28.9 Å². The number of nitrogens with one attached hydrogen (secondary N) is 1. The van der Waals surface area contributed by atoms with Crippen molar-refractivity contribution in [3.8, 4) is 11.6 Å². The lowest BCUT2D eigenvalue weighted by Gasteiger charge is -2.05. The van der Waals surface area contributed by atoms with E-state index in [4.69, 9.17) is 4.52 Å². The highest BCUT2D eigenvalue weighted by molar-refractivity contribution is 6.10. The molecule has 4 rings (SSSR count). The van der Waals surface area contributed by atoms with Crippen LogP contribution >= 0.6 is 0 Å². The van der Waals surface area contributed by atoms with Crippen LogP contribution in [0.3, 0.4) is 0 Å². The Labute approximate surface area is 138 Å². The fraction of sp³-hybridized carbons (Fsp3) is 0.278. The topological polar surface area (TPSA) is 87.8 Å². The van der Waals surface area contributed by atoms with E-state index in [0.717, 1.165) is 39.4 Å². The van der Waals surface area contributed by atoms with Gasteiger partial charge in [0.15, 0.2) is 5.82 Å². The van der Waals surface area contributed by atoms with Crippen molar-refractivity contribution >= 4 is 21.8 Å². The summed E-state index contributed by atoms with van der Waals surface area (Å²) < 4.78 is 5.35. The number of aliphatic hydroxyl groups excluding tert-OH is 1. The molecule has 0 spiro atoms. The van der Waals surface area contributed by atoms with Crippen LogP contribution in [0, 0.1) is 6.92 Å². The molecule has 3 aromatic heterocycles. The second-order valence-electron chi connectivity index (χ2n) is 6.00. The summed E-state index contributed by atoms with van der Waals surface area (Å²) in [5.41, 5.74) is 4.51. The number of aliphatic hydroxyl groups is 1. The van der Waals surface area contributed by atoms with Crippen molar-refractivity contribution in [2.45, 2.75) is 33.3 Å². The van der Waals surface area contributed by atoms with Crippen LogP contribution in [0.2, 0.25) is 0 Å². The number of aromatic amines is 1. The van der Waals surface area contributed by atoms with Crippen molar-refractivity contribution in [1.29, 1.82) is 0 Å². The second kappa shape index (κ2) is 5.42. The molecular weight excluding hydrogens is 304 g/mol. The largest absolute Gasteiger partial charge is 0.389 e. The number of pyridine rings is 1. The normalized spacial score (nSPS) is 13.0. The molecule has 0 amide bonds. The third-order valence-corrected chi connectivity index (χ3v) is 4.37. The van der Waals surface area contributed by atoms with Crippen LogP contribution in [-0.2, 0) is 6.42 Å². The van der Waals surface area contributed by atoms with Crippen LogP contribution in [0.25, 0.3) is 33.4 Å². The molecule has 24 heavy (non-hydrogen) atoms. The van der Waals surface area contributed by atoms with E-state index < -0.39 is 6.10 Å². The average Bonchev–Trinajstić information content (AvgIpc) is 3.18. The van der Waals surface area contributed by atoms with Crippen molar-refractivity contribution in [3.05, 3.63) is 41.3 Å². The monoisotopic (exact) mass is 322 g/mol. The van der Waals surface area contributed by atoms with Crippen LogP contribution in [0.5, 0.6) is 0 Å². The van der Waals surface area contributed by atoms with Crippen LogP contribution in [0.4, 0.5) is 0 Å². The van der Waals surface area contributed by atoms with E-state index >= 15 is 0 Å². The zero-order chi connectivity index (χ0) is 16.8. The van der Waals surface area contributed by atoms with Gasteiger partial charge >= 0.3 is 0 Å². The van der Waals surface area contributed by atoms with E-state index in [1.807, 2.05) is 32.0 Å². The van der Waals surface area contributed by atoms with Gasteiger partial charge in [0, 0.05) is 22.7 Å². The molecule has 6 heteroatoms. The fourth-order valence-electron chi connectivity index (χ4n) is 3.04. The minimum absolute atomic E-state index is 0.437. The predicted molar refractivity (Wildman–Crippen MR) is 91.6 cm³/mol. The van der Waals surface area contributed by atoms with Gasteiger partial charge in [0.25, 0.3) is 5.89 Å². The quantitative estimate of drug-likeness (QED) is 0.600. The highest BCUT2D eigenvalue weighted by Crippen LogP contribution is 2.33. The zero-order valence-electron chi connectivity index (χ0n) is 13.8. The first-order valence-electron chi connectivity index (χ1n) is 8.00. The summed E-state index contributed by atoms with van der Waals surface area (Å²) in [5.74, 6) is 1.11. The molecule has 0 fully saturated rings. The molecule has 0 radical (unpaired) electrons. The summed E-state index contributed by atoms with van der Waals surface area (Å²) in [6.45, 7) is 5.75. The molecule has 1 aromatic carbocycles. The molecule has 0 aliphatic heterocycles. The van der Waals surface area contributed by atoms with E-state index in [0.29, 0.717) is 17.4 Å². The van der Waals surface area contributed by atoms with Crippen molar-refractivity contribution in [3.63, 3.8) is 0 Å². The Balaban J connectivity index is 1.99. The molecule has 122 valence electrons. The Kier molecular flexibility index (Phi) is 3.35. The van der Waals surface area contributed by atoms with Gasteiger partial charge in [-0.1, -0.05) is 18.1 Å². The minimum atomic E-state index is -0.510. The first-order valence-corrected chi connectivity index (χ1v) is 8.00. The molecule has 0 saturated carbocycles. The van der Waals surface area contributed by atoms with Crippen LogP contribution in [0.1, 0.15) is 36.9 Å². The van der Waals surface area contributed by atoms with Crippen molar-refractivity contribution in [2.75, 3.05) is 0 Å². The summed E-state index contributed by atoms with van der Waals surface area (Å²) in [4.78, 5) is 12.3. The van der Waals surface area contributed by atoms with Gasteiger partial charge in [-0.25, -0.2) is 4.98 Å². The van der Waals surface area contributed by atoms with E-state index in [1.165, 1.54) is 0 Å². The molecule has 1 atom stereocenters. The van der Waals surface area contributed by atoms with Crippen LogP contribution < -0.4 is 0 Å². The number of hydrogen-bond donors (Lipinski definition) is 2. The van der Waals surface area contributed by atoms with Crippen molar-refractivity contribution in [2.24, 2.45) is 0 Å². The van der Waals surface area contributed by atoms with Gasteiger partial charge in [-0.3, -0.25) is 0 Å². The number of aromatic nitrogens is 4. The molecule has 3 heterocycles. The van der Waals surface area contributed by atoms with Crippen LogP contribution in [-0.4, -0.2) is 25.2 Å². The Morgan fingerprint density at radius 2 is 2.12 bits per heavy atom. The third-order valence-electron chi connectivity index (χ3n) is 4.37. The zero-order valence-corrected chi connectivity index (χ0v) is 13.8. The van der Waals surface area contributed by atoms with E-state index in [1.54, 1.807) is 13.1 Å². The molecule has 1 unspecified atom stereocenters. The maximum Gasteiger partial charge on any atom is 0.276 e. The van der Waals surface area contributed by atoms with E-state index in [9.17, 15) is 5.11 Å². The van der Waals surface area contributed by atoms with Gasteiger partial charge in [0.05, 0.1) is 17.8 Å². The molecule has 6 nitrogen and oxygen atoms in total. The molecule has 0 saturated heterocycles. The summed E-state index contributed by atoms with van der Waals surface area (Å²) in [5, 5.41) is 15.9. The Bertz CT molecular complexity index is 1050. The van der Waals surface area contributed by atoms with Crippen molar-refractivity contribution < 1.29 is 9.63 Å². The smallest absolute Gasteiger partial charge is 0.276 e. The maximum absolute atomic E-state index is 9.87. The van der Waals surface area contributed by atoms with Gasteiger partial charge in [0.2, 0.25) is 0 Å². The number of rotatable bonds is 3. The number of nitrogens with zero attached hydrogens (tertiary/aromatic N) is 3. The lowest BCUT2D eigenvalue weighted by Crippen LogP contribution is -1.91. The first kappa shape index (κ1) is 14.8. The summed E-state index contributed by atoms with van der Waals surface area (Å²) >= 11 is 0. The van der Waals surface area contributed by atoms with Crippen molar-refractivity contribution in [1.82, 2.24) is 20.1 Å². The minimum Gasteiger partial charge on any atom is -0.389 e. The number of hydrogen-bond acceptors (Lipinski definition) is 5. The molecule has 0 bridgehead atoms. The van der Waals surface area contributed by atoms with E-state index in [-0.39, 0.29) is 0 Å².